The molecule has 0 aromatic heterocycles. The number of ether oxygens (including phenoxy) is 1. The zero-order valence-electron chi connectivity index (χ0n) is 14.8. The summed E-state index contributed by atoms with van der Waals surface area (Å²) in [6.45, 7) is 3.47. The van der Waals surface area contributed by atoms with E-state index in [-0.39, 0.29) is 16.3 Å². The Bertz CT molecular complexity index is 700. The maximum absolute atomic E-state index is 13.0. The van der Waals surface area contributed by atoms with Crippen LogP contribution in [0, 0.1) is 11.3 Å². The quantitative estimate of drug-likeness (QED) is 0.342. The van der Waals surface area contributed by atoms with E-state index in [0.29, 0.717) is 26.2 Å². The number of rotatable bonds is 10. The molecule has 0 spiro atoms. The topological polar surface area (TPSA) is 74.1 Å². The lowest BCUT2D eigenvalue weighted by atomic mass is 10.1. The number of hydrogen-bond donors (Lipinski definition) is 2. The van der Waals surface area contributed by atoms with Crippen molar-refractivity contribution in [2.24, 2.45) is 0 Å². The number of halogens is 4. The highest BCUT2D eigenvalue weighted by atomic mass is 35.5. The fraction of sp³-hybridized carbons (Fsp3) is 0.444. The van der Waals surface area contributed by atoms with Crippen molar-refractivity contribution in [3.05, 3.63) is 40.6 Å². The van der Waals surface area contributed by atoms with Crippen LogP contribution in [0.1, 0.15) is 31.7 Å². The monoisotopic (exact) mass is 403 g/mol. The van der Waals surface area contributed by atoms with Crippen LogP contribution in [-0.4, -0.2) is 25.7 Å². The summed E-state index contributed by atoms with van der Waals surface area (Å²) in [5.41, 5.74) is -1.64. The number of nitrogens with zero attached hydrogens (tertiary/aromatic N) is 1. The molecule has 0 fully saturated rings. The number of hydrogen-bond acceptors (Lipinski definition) is 4. The summed E-state index contributed by atoms with van der Waals surface area (Å²) in [5.74, 6) is -0.680. The maximum Gasteiger partial charge on any atom is 0.418 e. The largest absolute Gasteiger partial charge is 0.418 e. The molecule has 0 unspecified atom stereocenters. The number of carbonyl (C=O) groups excluding carboxylic acids is 1. The van der Waals surface area contributed by atoms with Crippen LogP contribution in [0.2, 0.25) is 5.02 Å². The molecule has 0 radical (unpaired) electrons. The van der Waals surface area contributed by atoms with E-state index in [4.69, 9.17) is 21.6 Å². The van der Waals surface area contributed by atoms with E-state index in [1.165, 1.54) is 6.07 Å². The second kappa shape index (κ2) is 11.5. The lowest BCUT2D eigenvalue weighted by Gasteiger charge is -2.13. The van der Waals surface area contributed by atoms with Gasteiger partial charge in [0.15, 0.2) is 0 Å². The third-order valence-electron chi connectivity index (χ3n) is 3.42. The van der Waals surface area contributed by atoms with Crippen LogP contribution in [0.4, 0.5) is 18.9 Å². The van der Waals surface area contributed by atoms with E-state index in [9.17, 15) is 18.0 Å². The van der Waals surface area contributed by atoms with Crippen LogP contribution in [0.25, 0.3) is 0 Å². The van der Waals surface area contributed by atoms with Gasteiger partial charge in [-0.2, -0.15) is 18.4 Å². The van der Waals surface area contributed by atoms with Gasteiger partial charge in [-0.15, -0.1) is 0 Å². The SMILES string of the molecule is CCCCOCCCNC(=O)/C(C#N)=C\Nc1ccc(Cl)cc1C(F)(F)F. The zero-order chi connectivity index (χ0) is 20.3. The first-order valence-electron chi connectivity index (χ1n) is 8.39. The highest BCUT2D eigenvalue weighted by Crippen LogP contribution is 2.36. The Kier molecular flexibility index (Phi) is 9.68. The van der Waals surface area contributed by atoms with Gasteiger partial charge in [0.05, 0.1) is 11.3 Å². The molecular formula is C18H21ClF3N3O2. The molecule has 0 heterocycles. The Morgan fingerprint density at radius 3 is 2.67 bits per heavy atom. The molecule has 2 N–H and O–H groups in total. The Hall–Kier alpha value is -2.24. The van der Waals surface area contributed by atoms with Crippen molar-refractivity contribution in [3.63, 3.8) is 0 Å². The van der Waals surface area contributed by atoms with Crippen LogP contribution in [-0.2, 0) is 15.7 Å². The molecule has 5 nitrogen and oxygen atoms in total. The summed E-state index contributed by atoms with van der Waals surface area (Å²) in [6.07, 6.45) is -1.13. The van der Waals surface area contributed by atoms with Crippen molar-refractivity contribution in [1.82, 2.24) is 5.32 Å². The van der Waals surface area contributed by atoms with Gasteiger partial charge >= 0.3 is 6.18 Å². The van der Waals surface area contributed by atoms with E-state index in [2.05, 4.69) is 17.6 Å². The number of nitriles is 1. The van der Waals surface area contributed by atoms with Crippen LogP contribution in [0.3, 0.4) is 0 Å². The molecule has 9 heteroatoms. The van der Waals surface area contributed by atoms with Gasteiger partial charge in [-0.3, -0.25) is 4.79 Å². The first-order chi connectivity index (χ1) is 12.8. The molecule has 0 saturated heterocycles. The zero-order valence-corrected chi connectivity index (χ0v) is 15.6. The molecule has 1 rings (SSSR count). The Morgan fingerprint density at radius 2 is 2.04 bits per heavy atom. The number of nitrogens with one attached hydrogen (secondary N) is 2. The van der Waals surface area contributed by atoms with Crippen LogP contribution in [0.5, 0.6) is 0 Å². The summed E-state index contributed by atoms with van der Waals surface area (Å²) in [6, 6.07) is 4.83. The fourth-order valence-corrected chi connectivity index (χ4v) is 2.17. The standard InChI is InChI=1S/C18H21ClF3N3O2/c1-2-3-8-27-9-4-7-24-17(26)13(11-23)12-25-16-6-5-14(19)10-15(16)18(20,21)22/h5-6,10,12,25H,2-4,7-9H2,1H3,(H,24,26)/b13-12-. The molecule has 1 aromatic rings. The van der Waals surface area contributed by atoms with Gasteiger partial charge < -0.3 is 15.4 Å². The average Bonchev–Trinajstić information content (AvgIpc) is 2.61. The maximum atomic E-state index is 13.0. The third-order valence-corrected chi connectivity index (χ3v) is 3.65. The van der Waals surface area contributed by atoms with Gasteiger partial charge in [-0.1, -0.05) is 24.9 Å². The number of amides is 1. The molecule has 27 heavy (non-hydrogen) atoms. The van der Waals surface area contributed by atoms with E-state index >= 15 is 0 Å². The molecule has 1 aromatic carbocycles. The van der Waals surface area contributed by atoms with Crippen molar-refractivity contribution in [3.8, 4) is 6.07 Å². The molecule has 0 aliphatic carbocycles. The lowest BCUT2D eigenvalue weighted by Crippen LogP contribution is -2.26. The summed E-state index contributed by atoms with van der Waals surface area (Å²) < 4.78 is 44.4. The predicted molar refractivity (Wildman–Crippen MR) is 97.1 cm³/mol. The average molecular weight is 404 g/mol. The van der Waals surface area contributed by atoms with Gasteiger partial charge in [0, 0.05) is 31.0 Å². The van der Waals surface area contributed by atoms with Gasteiger partial charge in [0.1, 0.15) is 11.6 Å². The second-order valence-corrected chi connectivity index (χ2v) is 6.01. The molecule has 0 aliphatic rings. The van der Waals surface area contributed by atoms with E-state index in [1.807, 2.05) is 0 Å². The van der Waals surface area contributed by atoms with Gasteiger partial charge in [0.25, 0.3) is 5.91 Å². The minimum atomic E-state index is -4.63. The van der Waals surface area contributed by atoms with E-state index in [0.717, 1.165) is 31.2 Å². The summed E-state index contributed by atoms with van der Waals surface area (Å²) in [7, 11) is 0. The van der Waals surface area contributed by atoms with Crippen LogP contribution in [0.15, 0.2) is 30.0 Å². The molecule has 0 aliphatic heterocycles. The number of unbranched alkanes of at least 4 members (excludes halogenated alkanes) is 1. The number of benzene rings is 1. The molecule has 0 bridgehead atoms. The number of anilines is 1. The van der Waals surface area contributed by atoms with E-state index in [1.54, 1.807) is 6.07 Å². The van der Waals surface area contributed by atoms with Crippen molar-refractivity contribution in [2.75, 3.05) is 25.1 Å². The summed E-state index contributed by atoms with van der Waals surface area (Å²) >= 11 is 5.60. The second-order valence-electron chi connectivity index (χ2n) is 5.58. The fourth-order valence-electron chi connectivity index (χ4n) is 2.00. The normalized spacial score (nSPS) is 11.8. The minimum Gasteiger partial charge on any atom is -0.381 e. The number of alkyl halides is 3. The lowest BCUT2D eigenvalue weighted by molar-refractivity contribution is -0.136. The summed E-state index contributed by atoms with van der Waals surface area (Å²) in [4.78, 5) is 11.9. The van der Waals surface area contributed by atoms with Crippen LogP contribution < -0.4 is 10.6 Å². The first kappa shape index (κ1) is 22.8. The van der Waals surface area contributed by atoms with Crippen molar-refractivity contribution in [1.29, 1.82) is 5.26 Å². The van der Waals surface area contributed by atoms with Gasteiger partial charge in [-0.05, 0) is 31.0 Å². The van der Waals surface area contributed by atoms with Crippen LogP contribution >= 0.6 is 11.6 Å². The Morgan fingerprint density at radius 1 is 1.33 bits per heavy atom. The number of carbonyl (C=O) groups is 1. The minimum absolute atomic E-state index is 0.0729. The van der Waals surface area contributed by atoms with Crippen molar-refractivity contribution >= 4 is 23.2 Å². The van der Waals surface area contributed by atoms with Crippen molar-refractivity contribution < 1.29 is 22.7 Å². The highest BCUT2D eigenvalue weighted by molar-refractivity contribution is 6.30. The predicted octanol–water partition coefficient (Wildman–Crippen LogP) is 4.50. The van der Waals surface area contributed by atoms with Crippen molar-refractivity contribution in [2.45, 2.75) is 32.4 Å². The molecular weight excluding hydrogens is 383 g/mol. The van der Waals surface area contributed by atoms with E-state index < -0.39 is 17.6 Å². The third kappa shape index (κ3) is 8.33. The smallest absolute Gasteiger partial charge is 0.381 e. The Balaban J connectivity index is 2.63. The van der Waals surface area contributed by atoms with Gasteiger partial charge in [0.2, 0.25) is 0 Å². The molecule has 148 valence electrons. The summed E-state index contributed by atoms with van der Waals surface area (Å²) in [5, 5.41) is 13.9. The van der Waals surface area contributed by atoms with Gasteiger partial charge in [-0.25, -0.2) is 0 Å². The first-order valence-corrected chi connectivity index (χ1v) is 8.77. The Labute approximate surface area is 161 Å². The highest BCUT2D eigenvalue weighted by Gasteiger charge is 2.33. The molecule has 0 atom stereocenters. The molecule has 1 amide bonds. The molecule has 0 saturated carbocycles.